The molecule has 94 valence electrons. The van der Waals surface area contributed by atoms with Crippen LogP contribution in [-0.2, 0) is 0 Å². The molecule has 0 amide bonds. The Morgan fingerprint density at radius 1 is 1.59 bits per heavy atom. The van der Waals surface area contributed by atoms with Crippen molar-refractivity contribution in [2.45, 2.75) is 31.6 Å². The molecule has 0 N–H and O–H groups in total. The van der Waals surface area contributed by atoms with Crippen molar-refractivity contribution in [3.63, 3.8) is 0 Å². The largest absolute Gasteiger partial charge is 0.481 e. The molecule has 0 bridgehead atoms. The topological polar surface area (TPSA) is 65.3 Å². The Morgan fingerprint density at radius 2 is 2.24 bits per heavy atom. The number of nitrogens with zero attached hydrogens (tertiary/aromatic N) is 2. The van der Waals surface area contributed by atoms with Gasteiger partial charge in [-0.15, -0.1) is 11.6 Å². The van der Waals surface area contributed by atoms with E-state index >= 15 is 0 Å². The van der Waals surface area contributed by atoms with Gasteiger partial charge in [-0.2, -0.15) is 0 Å². The van der Waals surface area contributed by atoms with E-state index in [9.17, 15) is 10.1 Å². The van der Waals surface area contributed by atoms with Crippen LogP contribution in [0.15, 0.2) is 12.1 Å². The highest BCUT2D eigenvalue weighted by molar-refractivity contribution is 6.20. The predicted molar refractivity (Wildman–Crippen MR) is 65.8 cm³/mol. The van der Waals surface area contributed by atoms with Crippen LogP contribution < -0.4 is 4.74 Å². The van der Waals surface area contributed by atoms with Crippen molar-refractivity contribution in [2.75, 3.05) is 7.11 Å². The van der Waals surface area contributed by atoms with E-state index in [1.807, 2.05) is 6.92 Å². The molecule has 0 saturated heterocycles. The van der Waals surface area contributed by atoms with Crippen LogP contribution in [-0.4, -0.2) is 22.4 Å². The summed E-state index contributed by atoms with van der Waals surface area (Å²) < 4.78 is 4.99. The van der Waals surface area contributed by atoms with Crippen molar-refractivity contribution in [1.29, 1.82) is 0 Å². The maximum absolute atomic E-state index is 10.9. The summed E-state index contributed by atoms with van der Waals surface area (Å²) in [4.78, 5) is 14.7. The zero-order chi connectivity index (χ0) is 13.0. The highest BCUT2D eigenvalue weighted by Gasteiger charge is 2.26. The minimum Gasteiger partial charge on any atom is -0.481 e. The van der Waals surface area contributed by atoms with Gasteiger partial charge in [0.05, 0.1) is 12.0 Å². The molecule has 0 aromatic carbocycles. The Hall–Kier alpha value is -1.36. The summed E-state index contributed by atoms with van der Waals surface area (Å²) in [5.74, 6) is 0.202. The van der Waals surface area contributed by atoms with Gasteiger partial charge in [0.1, 0.15) is 5.69 Å². The van der Waals surface area contributed by atoms with Crippen LogP contribution in [0.4, 0.5) is 5.69 Å². The van der Waals surface area contributed by atoms with Crippen LogP contribution in [0.5, 0.6) is 5.88 Å². The molecule has 5 nitrogen and oxygen atoms in total. The summed E-state index contributed by atoms with van der Waals surface area (Å²) in [6, 6.07) is 2.89. The third-order valence-electron chi connectivity index (χ3n) is 2.63. The number of rotatable bonds is 5. The summed E-state index contributed by atoms with van der Waals surface area (Å²) >= 11 is 6.05. The standard InChI is InChI=1S/C11H15ClN2O3/c1-4-8(7(2)12)11-9(14(15)16)5-6-10(13-11)17-3/h5-8H,4H2,1-3H3. The highest BCUT2D eigenvalue weighted by Crippen LogP contribution is 2.33. The molecule has 0 saturated carbocycles. The molecule has 1 rings (SSSR count). The molecular formula is C11H15ClN2O3. The number of hydrogen-bond acceptors (Lipinski definition) is 4. The number of aromatic nitrogens is 1. The third-order valence-corrected chi connectivity index (χ3v) is 2.93. The minimum atomic E-state index is -0.441. The summed E-state index contributed by atoms with van der Waals surface area (Å²) in [6.45, 7) is 3.73. The van der Waals surface area contributed by atoms with Crippen molar-refractivity contribution >= 4 is 17.3 Å². The van der Waals surface area contributed by atoms with Crippen LogP contribution in [0, 0.1) is 10.1 Å². The Kier molecular flexibility index (Phi) is 4.69. The highest BCUT2D eigenvalue weighted by atomic mass is 35.5. The third kappa shape index (κ3) is 3.06. The molecule has 0 aliphatic carbocycles. The monoisotopic (exact) mass is 258 g/mol. The fraction of sp³-hybridized carbons (Fsp3) is 0.545. The SMILES string of the molecule is CCC(c1nc(OC)ccc1[N+](=O)[O-])C(C)Cl. The quantitative estimate of drug-likeness (QED) is 0.462. The van der Waals surface area contributed by atoms with E-state index in [1.165, 1.54) is 19.2 Å². The number of halogens is 1. The van der Waals surface area contributed by atoms with E-state index in [1.54, 1.807) is 6.92 Å². The van der Waals surface area contributed by atoms with Crippen molar-refractivity contribution in [2.24, 2.45) is 0 Å². The Morgan fingerprint density at radius 3 is 2.65 bits per heavy atom. The van der Waals surface area contributed by atoms with Gasteiger partial charge >= 0.3 is 0 Å². The number of hydrogen-bond donors (Lipinski definition) is 0. The van der Waals surface area contributed by atoms with E-state index in [0.29, 0.717) is 18.0 Å². The van der Waals surface area contributed by atoms with Crippen molar-refractivity contribution < 1.29 is 9.66 Å². The van der Waals surface area contributed by atoms with Crippen molar-refractivity contribution in [3.05, 3.63) is 27.9 Å². The van der Waals surface area contributed by atoms with Gasteiger partial charge < -0.3 is 4.74 Å². The zero-order valence-corrected chi connectivity index (χ0v) is 10.8. The van der Waals surface area contributed by atoms with E-state index in [0.717, 1.165) is 0 Å². The van der Waals surface area contributed by atoms with Gasteiger partial charge in [-0.3, -0.25) is 10.1 Å². The lowest BCUT2D eigenvalue weighted by Crippen LogP contribution is -2.13. The summed E-state index contributed by atoms with van der Waals surface area (Å²) in [7, 11) is 1.48. The average Bonchev–Trinajstić information content (AvgIpc) is 2.29. The molecule has 6 heteroatoms. The second-order valence-corrected chi connectivity index (χ2v) is 4.40. The molecule has 0 radical (unpaired) electrons. The first-order valence-electron chi connectivity index (χ1n) is 5.34. The fourth-order valence-corrected chi connectivity index (χ4v) is 2.02. The molecule has 0 spiro atoms. The molecule has 1 aromatic heterocycles. The van der Waals surface area contributed by atoms with Gasteiger partial charge in [0.15, 0.2) is 0 Å². The lowest BCUT2D eigenvalue weighted by molar-refractivity contribution is -0.386. The summed E-state index contributed by atoms with van der Waals surface area (Å²) in [5.41, 5.74) is 0.379. The second kappa shape index (κ2) is 5.82. The molecule has 2 atom stereocenters. The van der Waals surface area contributed by atoms with Gasteiger partial charge in [0, 0.05) is 23.4 Å². The molecule has 0 fully saturated rings. The van der Waals surface area contributed by atoms with Gasteiger partial charge in [-0.1, -0.05) is 6.92 Å². The van der Waals surface area contributed by atoms with E-state index in [2.05, 4.69) is 4.98 Å². The fourth-order valence-electron chi connectivity index (χ4n) is 1.73. The van der Waals surface area contributed by atoms with Gasteiger partial charge in [-0.05, 0) is 13.3 Å². The van der Waals surface area contributed by atoms with Crippen LogP contribution in [0.3, 0.4) is 0 Å². The Balaban J connectivity index is 3.29. The number of methoxy groups -OCH3 is 1. The van der Waals surface area contributed by atoms with Crippen LogP contribution in [0.1, 0.15) is 31.9 Å². The van der Waals surface area contributed by atoms with E-state index in [4.69, 9.17) is 16.3 Å². The molecule has 1 heterocycles. The van der Waals surface area contributed by atoms with Gasteiger partial charge in [-0.25, -0.2) is 4.98 Å². The van der Waals surface area contributed by atoms with Crippen LogP contribution in [0.25, 0.3) is 0 Å². The Labute approximate surface area is 105 Å². The number of alkyl halides is 1. The maximum atomic E-state index is 10.9. The normalized spacial score (nSPS) is 14.1. The zero-order valence-electron chi connectivity index (χ0n) is 10.0. The first kappa shape index (κ1) is 13.7. The summed E-state index contributed by atoms with van der Waals surface area (Å²) in [6.07, 6.45) is 0.686. The number of pyridine rings is 1. The minimum absolute atomic E-state index is 0.00912. The molecule has 2 unspecified atom stereocenters. The van der Waals surface area contributed by atoms with Crippen LogP contribution in [0.2, 0.25) is 0 Å². The van der Waals surface area contributed by atoms with E-state index in [-0.39, 0.29) is 17.0 Å². The molecule has 0 aliphatic rings. The first-order chi connectivity index (χ1) is 8.01. The number of ether oxygens (including phenoxy) is 1. The molecular weight excluding hydrogens is 244 g/mol. The lowest BCUT2D eigenvalue weighted by Gasteiger charge is -2.17. The maximum Gasteiger partial charge on any atom is 0.291 e. The molecule has 17 heavy (non-hydrogen) atoms. The smallest absolute Gasteiger partial charge is 0.291 e. The molecule has 0 aliphatic heterocycles. The average molecular weight is 259 g/mol. The van der Waals surface area contributed by atoms with Crippen molar-refractivity contribution in [1.82, 2.24) is 4.98 Å². The van der Waals surface area contributed by atoms with Crippen molar-refractivity contribution in [3.8, 4) is 5.88 Å². The number of nitro groups is 1. The van der Waals surface area contributed by atoms with Gasteiger partial charge in [0.25, 0.3) is 5.69 Å². The second-order valence-electron chi connectivity index (χ2n) is 3.71. The van der Waals surface area contributed by atoms with E-state index < -0.39 is 4.92 Å². The summed E-state index contributed by atoms with van der Waals surface area (Å²) in [5, 5.41) is 10.7. The van der Waals surface area contributed by atoms with Gasteiger partial charge in [0.2, 0.25) is 5.88 Å². The predicted octanol–water partition coefficient (Wildman–Crippen LogP) is 3.12. The van der Waals surface area contributed by atoms with Crippen LogP contribution >= 0.6 is 11.6 Å². The first-order valence-corrected chi connectivity index (χ1v) is 5.78. The molecule has 1 aromatic rings. The Bertz CT molecular complexity index is 410. The lowest BCUT2D eigenvalue weighted by atomic mass is 9.97.